The molecule has 0 radical (unpaired) electrons. The highest BCUT2D eigenvalue weighted by Crippen LogP contribution is 2.35. The number of hydrogen-bond donors (Lipinski definition) is 1. The molecule has 0 saturated heterocycles. The molecule has 0 unspecified atom stereocenters. The smallest absolute Gasteiger partial charge is 0.335 e. The minimum Gasteiger partial charge on any atom is -0.496 e. The second-order valence-corrected chi connectivity index (χ2v) is 10.7. The molecule has 9 nitrogen and oxygen atoms in total. The van der Waals surface area contributed by atoms with Crippen LogP contribution < -0.4 is 15.0 Å². The van der Waals surface area contributed by atoms with Crippen LogP contribution in [0.1, 0.15) is 21.5 Å². The van der Waals surface area contributed by atoms with Gasteiger partial charge < -0.3 is 19.0 Å². The molecular weight excluding hydrogens is 638 g/mol. The van der Waals surface area contributed by atoms with Crippen molar-refractivity contribution < 1.29 is 23.8 Å². The van der Waals surface area contributed by atoms with Crippen molar-refractivity contribution in [3.05, 3.63) is 121 Å². The number of carboxylic acid groups (broad SMARTS) is 1. The van der Waals surface area contributed by atoms with Gasteiger partial charge in [0.25, 0.3) is 5.56 Å². The Bertz CT molecular complexity index is 2100. The van der Waals surface area contributed by atoms with Crippen molar-refractivity contribution in [2.75, 3.05) is 7.11 Å². The Morgan fingerprint density at radius 3 is 2.67 bits per heavy atom. The molecule has 6 rings (SSSR count). The van der Waals surface area contributed by atoms with Crippen molar-refractivity contribution >= 4 is 61.6 Å². The minimum absolute atomic E-state index is 0.108. The lowest BCUT2D eigenvalue weighted by atomic mass is 10.1. The van der Waals surface area contributed by atoms with E-state index in [-0.39, 0.29) is 23.6 Å². The minimum atomic E-state index is -1.02. The first-order valence-corrected chi connectivity index (χ1v) is 14.1. The van der Waals surface area contributed by atoms with Crippen LogP contribution in [-0.4, -0.2) is 34.1 Å². The van der Waals surface area contributed by atoms with Gasteiger partial charge in [-0.25, -0.2) is 9.78 Å². The molecule has 0 bridgehead atoms. The van der Waals surface area contributed by atoms with E-state index < -0.39 is 5.97 Å². The van der Waals surface area contributed by atoms with Crippen LogP contribution in [0.2, 0.25) is 5.02 Å². The highest BCUT2D eigenvalue weighted by molar-refractivity contribution is 9.10. The fourth-order valence-corrected chi connectivity index (χ4v) is 5.57. The largest absolute Gasteiger partial charge is 0.496 e. The molecule has 0 saturated carbocycles. The third kappa shape index (κ3) is 5.62. The average Bonchev–Trinajstić information content (AvgIpc) is 3.45. The Hall–Kier alpha value is -4.93. The van der Waals surface area contributed by atoms with Gasteiger partial charge in [-0.2, -0.15) is 9.78 Å². The van der Waals surface area contributed by atoms with E-state index in [0.29, 0.717) is 54.4 Å². The number of halogens is 2. The first-order valence-electron chi connectivity index (χ1n) is 12.9. The molecule has 0 amide bonds. The number of ether oxygens (including phenoxy) is 2. The number of carboxylic acids is 1. The number of rotatable bonds is 8. The average molecular weight is 659 g/mol. The van der Waals surface area contributed by atoms with Gasteiger partial charge in [0.15, 0.2) is 11.5 Å². The third-order valence-electron chi connectivity index (χ3n) is 6.62. The molecule has 2 aromatic heterocycles. The first kappa shape index (κ1) is 28.2. The summed E-state index contributed by atoms with van der Waals surface area (Å²) >= 11 is 10.0. The Labute approximate surface area is 257 Å². The molecule has 6 aromatic rings. The lowest BCUT2D eigenvalue weighted by Crippen LogP contribution is -2.20. The summed E-state index contributed by atoms with van der Waals surface area (Å²) in [7, 11) is 1.58. The quantitative estimate of drug-likeness (QED) is 0.170. The Morgan fingerprint density at radius 1 is 1.07 bits per heavy atom. The highest BCUT2D eigenvalue weighted by Gasteiger charge is 2.18. The summed E-state index contributed by atoms with van der Waals surface area (Å²) in [5.74, 6) is 0.540. The summed E-state index contributed by atoms with van der Waals surface area (Å²) in [4.78, 5) is 29.6. The van der Waals surface area contributed by atoms with Crippen molar-refractivity contribution in [1.82, 2.24) is 9.66 Å². The number of methoxy groups -OCH3 is 1. The number of benzene rings is 4. The van der Waals surface area contributed by atoms with Gasteiger partial charge in [0, 0.05) is 0 Å². The van der Waals surface area contributed by atoms with Crippen LogP contribution in [0.5, 0.6) is 11.5 Å². The summed E-state index contributed by atoms with van der Waals surface area (Å²) in [5, 5.41) is 15.2. The van der Waals surface area contributed by atoms with Gasteiger partial charge in [-0.3, -0.25) is 4.79 Å². The molecule has 214 valence electrons. The SMILES string of the molecule is COc1cccc2oc(-c3nc4ccccc4c(=O)n3N=Cc3cc(Cl)c(OCc4cccc(C(=O)O)c4)c(Br)c3)cc12. The Balaban J connectivity index is 1.36. The second-order valence-electron chi connectivity index (χ2n) is 9.40. The fourth-order valence-electron chi connectivity index (χ4n) is 4.58. The maximum atomic E-state index is 13.6. The van der Waals surface area contributed by atoms with Crippen LogP contribution in [0.3, 0.4) is 0 Å². The van der Waals surface area contributed by atoms with Crippen molar-refractivity contribution in [3.63, 3.8) is 0 Å². The number of para-hydroxylation sites is 1. The predicted molar refractivity (Wildman–Crippen MR) is 168 cm³/mol. The van der Waals surface area contributed by atoms with Crippen LogP contribution >= 0.6 is 27.5 Å². The van der Waals surface area contributed by atoms with Gasteiger partial charge in [-0.05, 0) is 81.7 Å². The first-order chi connectivity index (χ1) is 20.8. The summed E-state index contributed by atoms with van der Waals surface area (Å²) < 4.78 is 19.2. The van der Waals surface area contributed by atoms with E-state index in [9.17, 15) is 14.7 Å². The van der Waals surface area contributed by atoms with Gasteiger partial charge in [-0.1, -0.05) is 41.9 Å². The number of furan rings is 1. The predicted octanol–water partition coefficient (Wildman–Crippen LogP) is 7.39. The number of nitrogens with zero attached hydrogens (tertiary/aromatic N) is 3. The number of aromatic nitrogens is 2. The van der Waals surface area contributed by atoms with Crippen LogP contribution in [0.4, 0.5) is 0 Å². The molecule has 0 aliphatic rings. The molecule has 0 atom stereocenters. The molecule has 0 aliphatic carbocycles. The summed E-state index contributed by atoms with van der Waals surface area (Å²) in [6.45, 7) is 0.108. The van der Waals surface area contributed by atoms with Crippen LogP contribution in [-0.2, 0) is 6.61 Å². The number of aromatic carboxylic acids is 1. The van der Waals surface area contributed by atoms with Crippen LogP contribution in [0.25, 0.3) is 33.5 Å². The zero-order chi connectivity index (χ0) is 30.1. The molecule has 0 spiro atoms. The molecule has 4 aromatic carbocycles. The molecular formula is C32H21BrClN3O6. The number of carbonyl (C=O) groups is 1. The van der Waals surface area contributed by atoms with Gasteiger partial charge in [0.05, 0.1) is 44.7 Å². The number of fused-ring (bicyclic) bond motifs is 2. The van der Waals surface area contributed by atoms with Gasteiger partial charge in [0.1, 0.15) is 17.9 Å². The maximum absolute atomic E-state index is 13.6. The topological polar surface area (TPSA) is 116 Å². The van der Waals surface area contributed by atoms with E-state index in [1.165, 1.54) is 23.0 Å². The van der Waals surface area contributed by atoms with Gasteiger partial charge >= 0.3 is 5.97 Å². The maximum Gasteiger partial charge on any atom is 0.335 e. The molecule has 43 heavy (non-hydrogen) atoms. The fraction of sp³-hybridized carbons (Fsp3) is 0.0625. The third-order valence-corrected chi connectivity index (χ3v) is 7.49. The van der Waals surface area contributed by atoms with E-state index in [0.717, 1.165) is 5.39 Å². The molecule has 1 N–H and O–H groups in total. The molecule has 11 heteroatoms. The zero-order valence-electron chi connectivity index (χ0n) is 22.5. The van der Waals surface area contributed by atoms with E-state index in [2.05, 4.69) is 21.0 Å². The Morgan fingerprint density at radius 2 is 1.88 bits per heavy atom. The summed E-state index contributed by atoms with van der Waals surface area (Å²) in [6, 6.07) is 24.1. The summed E-state index contributed by atoms with van der Waals surface area (Å²) in [5.41, 5.74) is 2.12. The van der Waals surface area contributed by atoms with E-state index in [1.807, 2.05) is 12.1 Å². The van der Waals surface area contributed by atoms with Crippen LogP contribution in [0, 0.1) is 0 Å². The normalized spacial score (nSPS) is 11.4. The van der Waals surface area contributed by atoms with Crippen molar-refractivity contribution in [1.29, 1.82) is 0 Å². The van der Waals surface area contributed by atoms with Gasteiger partial charge in [0.2, 0.25) is 5.82 Å². The zero-order valence-corrected chi connectivity index (χ0v) is 24.8. The lowest BCUT2D eigenvalue weighted by Gasteiger charge is -2.12. The standard InChI is InChI=1S/C32H21BrClN3O6/c1-41-26-10-5-11-27-22(26)15-28(43-27)30-36-25-9-3-2-8-21(25)31(38)37(30)35-16-19-13-23(33)29(24(34)14-19)42-17-18-6-4-7-20(12-18)32(39)40/h2-16H,17H2,1H3,(H,39,40). The number of hydrogen-bond acceptors (Lipinski definition) is 7. The van der Waals surface area contributed by atoms with E-state index >= 15 is 0 Å². The van der Waals surface area contributed by atoms with E-state index in [4.69, 9.17) is 30.5 Å². The lowest BCUT2D eigenvalue weighted by molar-refractivity contribution is 0.0696. The second kappa shape index (κ2) is 11.7. The highest BCUT2D eigenvalue weighted by atomic mass is 79.9. The summed E-state index contributed by atoms with van der Waals surface area (Å²) in [6.07, 6.45) is 1.49. The van der Waals surface area contributed by atoms with Crippen molar-refractivity contribution in [2.24, 2.45) is 5.10 Å². The van der Waals surface area contributed by atoms with Crippen molar-refractivity contribution in [3.8, 4) is 23.1 Å². The van der Waals surface area contributed by atoms with Crippen LogP contribution in [0.15, 0.2) is 104 Å². The van der Waals surface area contributed by atoms with Crippen molar-refractivity contribution in [2.45, 2.75) is 6.61 Å². The van der Waals surface area contributed by atoms with E-state index in [1.54, 1.807) is 67.8 Å². The monoisotopic (exact) mass is 657 g/mol. The molecule has 2 heterocycles. The molecule has 0 fully saturated rings. The van der Waals surface area contributed by atoms with Gasteiger partial charge in [-0.15, -0.1) is 0 Å². The molecule has 0 aliphatic heterocycles. The Kier molecular flexibility index (Phi) is 7.71.